The zero-order chi connectivity index (χ0) is 25.5. The van der Waals surface area contributed by atoms with E-state index in [2.05, 4.69) is 27.5 Å². The van der Waals surface area contributed by atoms with Crippen LogP contribution < -0.4 is 10.6 Å². The highest BCUT2D eigenvalue weighted by Crippen LogP contribution is 2.27. The molecule has 0 radical (unpaired) electrons. The van der Waals surface area contributed by atoms with E-state index in [1.807, 2.05) is 39.0 Å². The number of esters is 1. The standard InChI is InChI=1S/C25H36N4O5/c1-15(2)22(29-21(30)12-27-24(32)34-25(5,6)7)23(31)33-13-18-9-8-10-19(16(18)3)17(4)20-11-26-14-28-20/h8-11,14-15,17,22H,12-13H2,1-7H3,(H,26,28)(H,27,32)(H,29,30)/t17-,22?/m0/s1. The van der Waals surface area contributed by atoms with Gasteiger partial charge >= 0.3 is 12.1 Å². The van der Waals surface area contributed by atoms with Crippen LogP contribution in [0.15, 0.2) is 30.7 Å². The van der Waals surface area contributed by atoms with Crippen LogP contribution in [-0.2, 0) is 25.7 Å². The molecule has 0 bridgehead atoms. The Morgan fingerprint density at radius 2 is 1.85 bits per heavy atom. The van der Waals surface area contributed by atoms with Crippen molar-refractivity contribution in [1.82, 2.24) is 20.6 Å². The van der Waals surface area contributed by atoms with Crippen LogP contribution in [0.2, 0.25) is 0 Å². The molecule has 0 aliphatic rings. The van der Waals surface area contributed by atoms with Gasteiger partial charge in [-0.1, -0.05) is 39.0 Å². The first-order chi connectivity index (χ1) is 15.9. The van der Waals surface area contributed by atoms with Gasteiger partial charge in [0.2, 0.25) is 5.91 Å². The summed E-state index contributed by atoms with van der Waals surface area (Å²) in [6.45, 7) is 12.7. The lowest BCUT2D eigenvalue weighted by molar-refractivity contribution is -0.150. The Kier molecular flexibility index (Phi) is 9.23. The largest absolute Gasteiger partial charge is 0.459 e. The van der Waals surface area contributed by atoms with E-state index in [0.717, 1.165) is 22.4 Å². The fourth-order valence-electron chi connectivity index (χ4n) is 3.43. The van der Waals surface area contributed by atoms with Crippen molar-refractivity contribution in [2.24, 2.45) is 5.92 Å². The van der Waals surface area contributed by atoms with Gasteiger partial charge in [0.05, 0.1) is 6.33 Å². The van der Waals surface area contributed by atoms with E-state index in [0.29, 0.717) is 0 Å². The fourth-order valence-corrected chi connectivity index (χ4v) is 3.43. The van der Waals surface area contributed by atoms with Gasteiger partial charge in [-0.05, 0) is 50.3 Å². The van der Waals surface area contributed by atoms with Gasteiger partial charge in [0, 0.05) is 17.8 Å². The first-order valence-corrected chi connectivity index (χ1v) is 11.4. The van der Waals surface area contributed by atoms with Gasteiger partial charge in [-0.25, -0.2) is 14.6 Å². The van der Waals surface area contributed by atoms with E-state index in [4.69, 9.17) is 9.47 Å². The quantitative estimate of drug-likeness (QED) is 0.480. The summed E-state index contributed by atoms with van der Waals surface area (Å²) in [4.78, 5) is 44.0. The van der Waals surface area contributed by atoms with E-state index >= 15 is 0 Å². The van der Waals surface area contributed by atoms with Gasteiger partial charge in [-0.3, -0.25) is 4.79 Å². The minimum absolute atomic E-state index is 0.0868. The van der Waals surface area contributed by atoms with Gasteiger partial charge in [0.1, 0.15) is 24.8 Å². The zero-order valence-corrected chi connectivity index (χ0v) is 21.0. The normalized spacial score (nSPS) is 13.2. The van der Waals surface area contributed by atoms with Crippen molar-refractivity contribution in [2.75, 3.05) is 6.54 Å². The second kappa shape index (κ2) is 11.7. The highest BCUT2D eigenvalue weighted by atomic mass is 16.6. The van der Waals surface area contributed by atoms with Crippen LogP contribution in [0.3, 0.4) is 0 Å². The molecule has 2 amide bonds. The lowest BCUT2D eigenvalue weighted by Crippen LogP contribution is -2.49. The number of ether oxygens (including phenoxy) is 2. The molecular weight excluding hydrogens is 436 g/mol. The summed E-state index contributed by atoms with van der Waals surface area (Å²) in [5.74, 6) is -1.13. The Labute approximate surface area is 201 Å². The number of carbonyl (C=O) groups excluding carboxylic acids is 3. The Morgan fingerprint density at radius 1 is 1.15 bits per heavy atom. The predicted molar refractivity (Wildman–Crippen MR) is 128 cm³/mol. The van der Waals surface area contributed by atoms with Crippen molar-refractivity contribution in [1.29, 1.82) is 0 Å². The summed E-state index contributed by atoms with van der Waals surface area (Å²) in [6, 6.07) is 5.04. The maximum Gasteiger partial charge on any atom is 0.408 e. The van der Waals surface area contributed by atoms with Crippen molar-refractivity contribution in [3.8, 4) is 0 Å². The summed E-state index contributed by atoms with van der Waals surface area (Å²) in [7, 11) is 0. The summed E-state index contributed by atoms with van der Waals surface area (Å²) in [6.07, 6.45) is 2.74. The van der Waals surface area contributed by atoms with Crippen LogP contribution in [0.25, 0.3) is 0 Å². The van der Waals surface area contributed by atoms with Gasteiger partial charge < -0.3 is 25.1 Å². The molecule has 186 valence electrons. The molecule has 0 saturated heterocycles. The highest BCUT2D eigenvalue weighted by Gasteiger charge is 2.26. The monoisotopic (exact) mass is 472 g/mol. The first-order valence-electron chi connectivity index (χ1n) is 11.4. The second-order valence-corrected chi connectivity index (χ2v) is 9.61. The van der Waals surface area contributed by atoms with Crippen molar-refractivity contribution < 1.29 is 23.9 Å². The van der Waals surface area contributed by atoms with Gasteiger partial charge in [-0.2, -0.15) is 0 Å². The number of hydrogen-bond acceptors (Lipinski definition) is 6. The smallest absolute Gasteiger partial charge is 0.408 e. The average Bonchev–Trinajstić information content (AvgIpc) is 3.28. The number of carbonyl (C=O) groups is 3. The number of nitrogens with zero attached hydrogens (tertiary/aromatic N) is 1. The van der Waals surface area contributed by atoms with Crippen LogP contribution >= 0.6 is 0 Å². The van der Waals surface area contributed by atoms with Gasteiger partial charge in [-0.15, -0.1) is 0 Å². The van der Waals surface area contributed by atoms with E-state index in [9.17, 15) is 14.4 Å². The van der Waals surface area contributed by atoms with Crippen LogP contribution in [0.4, 0.5) is 4.79 Å². The Hall–Kier alpha value is -3.36. The van der Waals surface area contributed by atoms with Crippen LogP contribution in [-0.4, -0.2) is 46.1 Å². The average molecular weight is 473 g/mol. The van der Waals surface area contributed by atoms with Gasteiger partial charge in [0.25, 0.3) is 0 Å². The third-order valence-corrected chi connectivity index (χ3v) is 5.34. The van der Waals surface area contributed by atoms with Crippen LogP contribution in [0, 0.1) is 12.8 Å². The number of aromatic nitrogens is 2. The molecule has 0 aliphatic carbocycles. The number of hydrogen-bond donors (Lipinski definition) is 3. The topological polar surface area (TPSA) is 122 Å². The highest BCUT2D eigenvalue weighted by molar-refractivity contribution is 5.87. The fraction of sp³-hybridized carbons (Fsp3) is 0.520. The molecule has 1 aromatic heterocycles. The number of aromatic amines is 1. The second-order valence-electron chi connectivity index (χ2n) is 9.61. The van der Waals surface area contributed by atoms with Crippen molar-refractivity contribution >= 4 is 18.0 Å². The van der Waals surface area contributed by atoms with Crippen LogP contribution in [0.5, 0.6) is 0 Å². The predicted octanol–water partition coefficient (Wildman–Crippen LogP) is 3.58. The summed E-state index contributed by atoms with van der Waals surface area (Å²) in [5, 5.41) is 5.02. The van der Waals surface area contributed by atoms with E-state index < -0.39 is 29.6 Å². The molecule has 3 N–H and O–H groups in total. The van der Waals surface area contributed by atoms with E-state index in [1.165, 1.54) is 0 Å². The maximum absolute atomic E-state index is 12.8. The number of nitrogens with one attached hydrogen (secondary N) is 3. The summed E-state index contributed by atoms with van der Waals surface area (Å²) in [5.41, 5.74) is 3.36. The molecule has 2 rings (SSSR count). The molecule has 34 heavy (non-hydrogen) atoms. The number of imidazole rings is 1. The number of amides is 2. The Balaban J connectivity index is 1.97. The molecule has 0 saturated carbocycles. The zero-order valence-electron chi connectivity index (χ0n) is 21.0. The SMILES string of the molecule is Cc1c(COC(=O)C(NC(=O)CNC(=O)OC(C)(C)C)C(C)C)cccc1[C@H](C)c1cnc[nH]1. The lowest BCUT2D eigenvalue weighted by Gasteiger charge is -2.22. The molecule has 9 heteroatoms. The molecule has 1 aromatic carbocycles. The van der Waals surface area contributed by atoms with E-state index in [-0.39, 0.29) is 25.0 Å². The molecule has 0 spiro atoms. The van der Waals surface area contributed by atoms with Crippen molar-refractivity contribution in [3.63, 3.8) is 0 Å². The van der Waals surface area contributed by atoms with Gasteiger partial charge in [0.15, 0.2) is 0 Å². The maximum atomic E-state index is 12.8. The molecule has 9 nitrogen and oxygen atoms in total. The Morgan fingerprint density at radius 3 is 2.44 bits per heavy atom. The first kappa shape index (κ1) is 26.9. The summed E-state index contributed by atoms with van der Waals surface area (Å²) >= 11 is 0. The number of rotatable bonds is 9. The Bertz CT molecular complexity index is 980. The lowest BCUT2D eigenvalue weighted by atomic mass is 9.91. The molecule has 1 heterocycles. The third-order valence-electron chi connectivity index (χ3n) is 5.34. The van der Waals surface area contributed by atoms with Crippen molar-refractivity contribution in [3.05, 3.63) is 53.1 Å². The number of benzene rings is 1. The number of H-pyrrole nitrogens is 1. The molecule has 2 atom stereocenters. The summed E-state index contributed by atoms with van der Waals surface area (Å²) < 4.78 is 10.7. The number of alkyl carbamates (subject to hydrolysis) is 1. The van der Waals surface area contributed by atoms with Crippen molar-refractivity contribution in [2.45, 2.75) is 72.6 Å². The molecule has 0 aliphatic heterocycles. The third kappa shape index (κ3) is 7.90. The molecular formula is C25H36N4O5. The van der Waals surface area contributed by atoms with Crippen LogP contribution in [0.1, 0.15) is 69.8 Å². The molecule has 2 aromatic rings. The van der Waals surface area contributed by atoms with E-state index in [1.54, 1.807) is 33.3 Å². The molecule has 0 fully saturated rings. The minimum Gasteiger partial charge on any atom is -0.459 e. The minimum atomic E-state index is -0.847. The molecule has 1 unspecified atom stereocenters.